The molecule has 3 nitrogen and oxygen atoms in total. The molecule has 1 unspecified atom stereocenters. The monoisotopic (exact) mass is 276 g/mol. The van der Waals surface area contributed by atoms with Crippen LogP contribution in [0.15, 0.2) is 12.1 Å². The molecule has 1 N–H and O–H groups in total. The van der Waals surface area contributed by atoms with E-state index in [2.05, 4.69) is 0 Å². The van der Waals surface area contributed by atoms with Gasteiger partial charge in [0.2, 0.25) is 0 Å². The van der Waals surface area contributed by atoms with Crippen molar-refractivity contribution in [3.8, 4) is 11.5 Å². The van der Waals surface area contributed by atoms with Crippen molar-refractivity contribution in [3.05, 3.63) is 23.3 Å². The van der Waals surface area contributed by atoms with E-state index >= 15 is 0 Å². The third-order valence-electron chi connectivity index (χ3n) is 2.80. The van der Waals surface area contributed by atoms with Crippen LogP contribution in [-0.2, 0) is 12.6 Å². The van der Waals surface area contributed by atoms with Crippen LogP contribution in [0.2, 0.25) is 0 Å². The Balaban J connectivity index is 2.51. The Morgan fingerprint density at radius 3 is 2.42 bits per heavy atom. The molecular weight excluding hydrogens is 261 g/mol. The van der Waals surface area contributed by atoms with E-state index in [0.717, 1.165) is 6.07 Å². The third kappa shape index (κ3) is 3.12. The van der Waals surface area contributed by atoms with Gasteiger partial charge in [0.05, 0.1) is 19.3 Å². The summed E-state index contributed by atoms with van der Waals surface area (Å²) in [6, 6.07) is 2.31. The lowest BCUT2D eigenvalue weighted by Gasteiger charge is -2.18. The second-order valence-corrected chi connectivity index (χ2v) is 4.53. The standard InChI is InChI=1S/C13H15F3O3/c1-8(17)7-9-3-4-10(13(14,15)16)12-11(9)18-5-2-6-19-12/h3-4,8,17H,2,5-7H2,1H3. The molecule has 0 aliphatic carbocycles. The number of hydrogen-bond donors (Lipinski definition) is 1. The van der Waals surface area contributed by atoms with Gasteiger partial charge in [0.25, 0.3) is 0 Å². The summed E-state index contributed by atoms with van der Waals surface area (Å²) in [6.07, 6.45) is -4.39. The van der Waals surface area contributed by atoms with Gasteiger partial charge in [-0.25, -0.2) is 0 Å². The molecule has 0 radical (unpaired) electrons. The quantitative estimate of drug-likeness (QED) is 0.902. The van der Waals surface area contributed by atoms with E-state index in [-0.39, 0.29) is 24.5 Å². The molecule has 0 bridgehead atoms. The molecule has 0 saturated heterocycles. The summed E-state index contributed by atoms with van der Waals surface area (Å²) in [5.74, 6) is -0.156. The van der Waals surface area contributed by atoms with Gasteiger partial charge in [-0.15, -0.1) is 0 Å². The molecule has 0 amide bonds. The van der Waals surface area contributed by atoms with Crippen LogP contribution in [0.25, 0.3) is 0 Å². The number of hydrogen-bond acceptors (Lipinski definition) is 3. The lowest BCUT2D eigenvalue weighted by atomic mass is 10.0. The number of fused-ring (bicyclic) bond motifs is 1. The molecule has 19 heavy (non-hydrogen) atoms. The van der Waals surface area contributed by atoms with Crippen molar-refractivity contribution in [1.29, 1.82) is 0 Å². The zero-order valence-electron chi connectivity index (χ0n) is 10.5. The van der Waals surface area contributed by atoms with Gasteiger partial charge in [0.1, 0.15) is 5.56 Å². The lowest BCUT2D eigenvalue weighted by molar-refractivity contribution is -0.139. The predicted octanol–water partition coefficient (Wildman–Crippen LogP) is 2.79. The van der Waals surface area contributed by atoms with Gasteiger partial charge in [-0.3, -0.25) is 0 Å². The van der Waals surface area contributed by atoms with E-state index in [1.54, 1.807) is 6.92 Å². The Labute approximate surface area is 108 Å². The van der Waals surface area contributed by atoms with Gasteiger partial charge in [-0.1, -0.05) is 6.07 Å². The highest BCUT2D eigenvalue weighted by molar-refractivity contribution is 5.53. The maximum atomic E-state index is 12.9. The summed E-state index contributed by atoms with van der Waals surface area (Å²) in [5, 5.41) is 9.39. The lowest BCUT2D eigenvalue weighted by Crippen LogP contribution is -2.11. The largest absolute Gasteiger partial charge is 0.489 e. The smallest absolute Gasteiger partial charge is 0.420 e. The minimum Gasteiger partial charge on any atom is -0.489 e. The van der Waals surface area contributed by atoms with Crippen molar-refractivity contribution in [3.63, 3.8) is 0 Å². The van der Waals surface area contributed by atoms with E-state index in [0.29, 0.717) is 18.6 Å². The summed E-state index contributed by atoms with van der Waals surface area (Å²) in [5.41, 5.74) is -0.307. The van der Waals surface area contributed by atoms with Crippen LogP contribution in [-0.4, -0.2) is 24.4 Å². The van der Waals surface area contributed by atoms with Crippen LogP contribution in [0.4, 0.5) is 13.2 Å². The topological polar surface area (TPSA) is 38.7 Å². The summed E-state index contributed by atoms with van der Waals surface area (Å²) >= 11 is 0. The second kappa shape index (κ2) is 5.28. The Bertz CT molecular complexity index is 455. The first kappa shape index (κ1) is 14.0. The van der Waals surface area contributed by atoms with Gasteiger partial charge in [-0.05, 0) is 13.0 Å². The fourth-order valence-corrected chi connectivity index (χ4v) is 2.01. The molecule has 6 heteroatoms. The highest BCUT2D eigenvalue weighted by Gasteiger charge is 2.37. The third-order valence-corrected chi connectivity index (χ3v) is 2.80. The van der Waals surface area contributed by atoms with E-state index in [4.69, 9.17) is 9.47 Å². The molecule has 0 fully saturated rings. The highest BCUT2D eigenvalue weighted by atomic mass is 19.4. The number of ether oxygens (including phenoxy) is 2. The maximum absolute atomic E-state index is 12.9. The maximum Gasteiger partial charge on any atom is 0.420 e. The minimum atomic E-state index is -4.48. The first-order valence-corrected chi connectivity index (χ1v) is 6.06. The summed E-state index contributed by atoms with van der Waals surface area (Å²) in [7, 11) is 0. The van der Waals surface area contributed by atoms with Crippen molar-refractivity contribution in [1.82, 2.24) is 0 Å². The Morgan fingerprint density at radius 2 is 1.84 bits per heavy atom. The molecule has 1 aromatic rings. The molecular formula is C13H15F3O3. The molecule has 1 aliphatic heterocycles. The fourth-order valence-electron chi connectivity index (χ4n) is 2.01. The van der Waals surface area contributed by atoms with Crippen LogP contribution < -0.4 is 9.47 Å². The number of aliphatic hydroxyl groups excluding tert-OH is 1. The molecule has 1 aromatic carbocycles. The van der Waals surface area contributed by atoms with Crippen LogP contribution in [0, 0.1) is 0 Å². The molecule has 2 rings (SSSR count). The van der Waals surface area contributed by atoms with Crippen molar-refractivity contribution < 1.29 is 27.8 Å². The Kier molecular flexibility index (Phi) is 3.89. The summed E-state index contributed by atoms with van der Waals surface area (Å²) < 4.78 is 49.3. The molecule has 106 valence electrons. The minimum absolute atomic E-state index is 0.105. The first-order chi connectivity index (χ1) is 8.89. The van der Waals surface area contributed by atoms with E-state index in [9.17, 15) is 18.3 Å². The summed E-state index contributed by atoms with van der Waals surface area (Å²) in [6.45, 7) is 2.07. The molecule has 1 atom stereocenters. The molecule has 1 aliphatic rings. The average molecular weight is 276 g/mol. The number of benzene rings is 1. The normalized spacial score (nSPS) is 16.9. The number of alkyl halides is 3. The van der Waals surface area contributed by atoms with Crippen LogP contribution in [0.1, 0.15) is 24.5 Å². The van der Waals surface area contributed by atoms with Crippen LogP contribution in [0.3, 0.4) is 0 Å². The van der Waals surface area contributed by atoms with Gasteiger partial charge in [-0.2, -0.15) is 13.2 Å². The van der Waals surface area contributed by atoms with Crippen molar-refractivity contribution in [2.45, 2.75) is 32.0 Å². The zero-order valence-corrected chi connectivity index (χ0v) is 10.5. The van der Waals surface area contributed by atoms with Crippen molar-refractivity contribution >= 4 is 0 Å². The first-order valence-electron chi connectivity index (χ1n) is 6.06. The zero-order chi connectivity index (χ0) is 14.0. The van der Waals surface area contributed by atoms with Gasteiger partial charge >= 0.3 is 6.18 Å². The van der Waals surface area contributed by atoms with Crippen LogP contribution >= 0.6 is 0 Å². The van der Waals surface area contributed by atoms with E-state index in [1.165, 1.54) is 6.07 Å². The average Bonchev–Trinajstić information content (AvgIpc) is 2.52. The summed E-state index contributed by atoms with van der Waals surface area (Å²) in [4.78, 5) is 0. The highest BCUT2D eigenvalue weighted by Crippen LogP contribution is 2.44. The van der Waals surface area contributed by atoms with E-state index in [1.807, 2.05) is 0 Å². The van der Waals surface area contributed by atoms with E-state index < -0.39 is 17.8 Å². The van der Waals surface area contributed by atoms with Crippen molar-refractivity contribution in [2.24, 2.45) is 0 Å². The van der Waals surface area contributed by atoms with Crippen molar-refractivity contribution in [2.75, 3.05) is 13.2 Å². The Morgan fingerprint density at radius 1 is 1.21 bits per heavy atom. The fraction of sp³-hybridized carbons (Fsp3) is 0.538. The molecule has 1 heterocycles. The van der Waals surface area contributed by atoms with Gasteiger partial charge < -0.3 is 14.6 Å². The molecule has 0 saturated carbocycles. The van der Waals surface area contributed by atoms with Gasteiger partial charge in [0, 0.05) is 18.4 Å². The number of halogens is 3. The van der Waals surface area contributed by atoms with Gasteiger partial charge in [0.15, 0.2) is 11.5 Å². The number of aliphatic hydroxyl groups is 1. The SMILES string of the molecule is CC(O)Cc1ccc(C(F)(F)F)c2c1OCCCO2. The number of rotatable bonds is 2. The van der Waals surface area contributed by atoms with Crippen LogP contribution in [0.5, 0.6) is 11.5 Å². The second-order valence-electron chi connectivity index (χ2n) is 4.53. The Hall–Kier alpha value is -1.43. The molecule has 0 spiro atoms. The molecule has 0 aromatic heterocycles. The predicted molar refractivity (Wildman–Crippen MR) is 62.4 cm³/mol.